The van der Waals surface area contributed by atoms with E-state index in [-0.39, 0.29) is 0 Å². The van der Waals surface area contributed by atoms with Gasteiger partial charge in [-0.2, -0.15) is 11.8 Å². The standard InChI is InChI=1S/C11H13ClS/c12-11-6-2-1-4-9(11)8-10-5-3-7-13-10/h1-2,4,6,10H,3,5,7-8H2. The van der Waals surface area contributed by atoms with E-state index >= 15 is 0 Å². The Morgan fingerprint density at radius 1 is 1.38 bits per heavy atom. The molecule has 0 spiro atoms. The Kier molecular flexibility index (Phi) is 3.18. The maximum atomic E-state index is 6.09. The van der Waals surface area contributed by atoms with Crippen LogP contribution in [0.25, 0.3) is 0 Å². The van der Waals surface area contributed by atoms with Gasteiger partial charge in [-0.25, -0.2) is 0 Å². The summed E-state index contributed by atoms with van der Waals surface area (Å²) in [4.78, 5) is 0. The second-order valence-electron chi connectivity index (χ2n) is 3.43. The highest BCUT2D eigenvalue weighted by atomic mass is 35.5. The lowest BCUT2D eigenvalue weighted by Gasteiger charge is -2.09. The minimum Gasteiger partial charge on any atom is -0.158 e. The van der Waals surface area contributed by atoms with Crippen molar-refractivity contribution in [2.75, 3.05) is 5.75 Å². The fraction of sp³-hybridized carbons (Fsp3) is 0.455. The van der Waals surface area contributed by atoms with Crippen molar-refractivity contribution in [3.05, 3.63) is 34.9 Å². The van der Waals surface area contributed by atoms with Crippen LogP contribution in [0.5, 0.6) is 0 Å². The first-order valence-corrected chi connectivity index (χ1v) is 6.14. The highest BCUT2D eigenvalue weighted by molar-refractivity contribution is 8.00. The van der Waals surface area contributed by atoms with Gasteiger partial charge in [0.1, 0.15) is 0 Å². The normalized spacial score (nSPS) is 22.1. The largest absolute Gasteiger partial charge is 0.158 e. The summed E-state index contributed by atoms with van der Waals surface area (Å²) in [5.74, 6) is 1.33. The van der Waals surface area contributed by atoms with Crippen LogP contribution in [-0.2, 0) is 6.42 Å². The predicted octanol–water partition coefficient (Wildman–Crippen LogP) is 3.78. The third-order valence-electron chi connectivity index (χ3n) is 2.43. The molecule has 1 fully saturated rings. The number of thioether (sulfide) groups is 1. The molecule has 1 heterocycles. The summed E-state index contributed by atoms with van der Waals surface area (Å²) in [5.41, 5.74) is 1.31. The van der Waals surface area contributed by atoms with Crippen molar-refractivity contribution in [2.45, 2.75) is 24.5 Å². The first-order chi connectivity index (χ1) is 6.36. The van der Waals surface area contributed by atoms with Gasteiger partial charge in [0.15, 0.2) is 0 Å². The lowest BCUT2D eigenvalue weighted by atomic mass is 10.1. The van der Waals surface area contributed by atoms with E-state index in [1.807, 2.05) is 12.1 Å². The van der Waals surface area contributed by atoms with Crippen LogP contribution in [0.2, 0.25) is 5.02 Å². The average molecular weight is 213 g/mol. The fourth-order valence-electron chi connectivity index (χ4n) is 1.71. The summed E-state index contributed by atoms with van der Waals surface area (Å²) in [5, 5.41) is 1.73. The maximum Gasteiger partial charge on any atom is 0.0438 e. The molecule has 0 nitrogen and oxygen atoms in total. The van der Waals surface area contributed by atoms with Crippen LogP contribution in [-0.4, -0.2) is 11.0 Å². The van der Waals surface area contributed by atoms with E-state index in [2.05, 4.69) is 23.9 Å². The fourth-order valence-corrected chi connectivity index (χ4v) is 3.22. The molecule has 0 amide bonds. The Morgan fingerprint density at radius 2 is 2.23 bits per heavy atom. The average Bonchev–Trinajstić information content (AvgIpc) is 2.61. The molecule has 2 rings (SSSR count). The summed E-state index contributed by atoms with van der Waals surface area (Å²) in [7, 11) is 0. The number of rotatable bonds is 2. The zero-order chi connectivity index (χ0) is 9.10. The summed E-state index contributed by atoms with van der Waals surface area (Å²) in [6.07, 6.45) is 3.88. The molecule has 1 aliphatic heterocycles. The van der Waals surface area contributed by atoms with Crippen molar-refractivity contribution in [2.24, 2.45) is 0 Å². The van der Waals surface area contributed by atoms with Crippen LogP contribution in [0.4, 0.5) is 0 Å². The SMILES string of the molecule is Clc1ccccc1CC1CCCS1. The maximum absolute atomic E-state index is 6.09. The first-order valence-electron chi connectivity index (χ1n) is 4.71. The summed E-state index contributed by atoms with van der Waals surface area (Å²) in [6, 6.07) is 8.19. The Bertz CT molecular complexity index is 279. The number of hydrogen-bond donors (Lipinski definition) is 0. The van der Waals surface area contributed by atoms with Crippen molar-refractivity contribution in [1.82, 2.24) is 0 Å². The second kappa shape index (κ2) is 4.39. The molecule has 1 atom stereocenters. The van der Waals surface area contributed by atoms with Crippen LogP contribution >= 0.6 is 23.4 Å². The van der Waals surface area contributed by atoms with Gasteiger partial charge in [0, 0.05) is 10.3 Å². The number of halogens is 1. The van der Waals surface area contributed by atoms with Gasteiger partial charge >= 0.3 is 0 Å². The topological polar surface area (TPSA) is 0 Å². The summed E-state index contributed by atoms with van der Waals surface area (Å²) >= 11 is 8.18. The molecule has 0 aromatic heterocycles. The number of hydrogen-bond acceptors (Lipinski definition) is 1. The van der Waals surface area contributed by atoms with Crippen LogP contribution in [0.15, 0.2) is 24.3 Å². The van der Waals surface area contributed by atoms with E-state index in [9.17, 15) is 0 Å². The quantitative estimate of drug-likeness (QED) is 0.719. The second-order valence-corrected chi connectivity index (χ2v) is 5.25. The van der Waals surface area contributed by atoms with Crippen molar-refractivity contribution >= 4 is 23.4 Å². The molecular formula is C11H13ClS. The van der Waals surface area contributed by atoms with E-state index < -0.39 is 0 Å². The molecule has 0 N–H and O–H groups in total. The summed E-state index contributed by atoms with van der Waals surface area (Å²) < 4.78 is 0. The van der Waals surface area contributed by atoms with Crippen molar-refractivity contribution in [3.8, 4) is 0 Å². The van der Waals surface area contributed by atoms with Crippen LogP contribution in [0.3, 0.4) is 0 Å². The molecule has 1 unspecified atom stereocenters. The Hall–Kier alpha value is -0.140. The van der Waals surface area contributed by atoms with Gasteiger partial charge in [0.2, 0.25) is 0 Å². The lowest BCUT2D eigenvalue weighted by molar-refractivity contribution is 0.777. The van der Waals surface area contributed by atoms with Crippen LogP contribution in [0, 0.1) is 0 Å². The molecule has 0 bridgehead atoms. The van der Waals surface area contributed by atoms with E-state index in [1.165, 1.54) is 24.2 Å². The molecule has 1 saturated heterocycles. The van der Waals surface area contributed by atoms with Gasteiger partial charge in [0.05, 0.1) is 0 Å². The molecule has 0 saturated carbocycles. The van der Waals surface area contributed by atoms with Crippen LogP contribution < -0.4 is 0 Å². The Balaban J connectivity index is 2.04. The first kappa shape index (κ1) is 9.42. The third-order valence-corrected chi connectivity index (χ3v) is 4.20. The van der Waals surface area contributed by atoms with Crippen molar-refractivity contribution in [1.29, 1.82) is 0 Å². The van der Waals surface area contributed by atoms with Gasteiger partial charge in [-0.05, 0) is 36.6 Å². The van der Waals surface area contributed by atoms with E-state index in [4.69, 9.17) is 11.6 Å². The summed E-state index contributed by atoms with van der Waals surface area (Å²) in [6.45, 7) is 0. The van der Waals surface area contributed by atoms with Crippen LogP contribution in [0.1, 0.15) is 18.4 Å². The molecule has 13 heavy (non-hydrogen) atoms. The van der Waals surface area contributed by atoms with Gasteiger partial charge in [-0.3, -0.25) is 0 Å². The van der Waals surface area contributed by atoms with E-state index in [1.54, 1.807) is 0 Å². The Morgan fingerprint density at radius 3 is 2.92 bits per heavy atom. The smallest absolute Gasteiger partial charge is 0.0438 e. The van der Waals surface area contributed by atoms with Crippen molar-refractivity contribution in [3.63, 3.8) is 0 Å². The molecular weight excluding hydrogens is 200 g/mol. The molecule has 2 heteroatoms. The van der Waals surface area contributed by atoms with Gasteiger partial charge in [-0.1, -0.05) is 29.8 Å². The minimum absolute atomic E-state index is 0.805. The molecule has 1 aromatic carbocycles. The van der Waals surface area contributed by atoms with Gasteiger partial charge in [0.25, 0.3) is 0 Å². The predicted molar refractivity (Wildman–Crippen MR) is 60.6 cm³/mol. The van der Waals surface area contributed by atoms with Crippen molar-refractivity contribution < 1.29 is 0 Å². The molecule has 1 aliphatic rings. The van der Waals surface area contributed by atoms with E-state index in [0.717, 1.165) is 16.7 Å². The molecule has 0 aliphatic carbocycles. The van der Waals surface area contributed by atoms with Gasteiger partial charge in [-0.15, -0.1) is 0 Å². The third kappa shape index (κ3) is 2.41. The van der Waals surface area contributed by atoms with E-state index in [0.29, 0.717) is 0 Å². The highest BCUT2D eigenvalue weighted by Crippen LogP contribution is 2.30. The zero-order valence-electron chi connectivity index (χ0n) is 7.50. The highest BCUT2D eigenvalue weighted by Gasteiger charge is 2.16. The molecule has 1 aromatic rings. The molecule has 0 radical (unpaired) electrons. The van der Waals surface area contributed by atoms with Gasteiger partial charge < -0.3 is 0 Å². The Labute approximate surface area is 88.7 Å². The molecule has 70 valence electrons. The zero-order valence-corrected chi connectivity index (χ0v) is 9.07. The lowest BCUT2D eigenvalue weighted by Crippen LogP contribution is -2.01. The number of benzene rings is 1. The monoisotopic (exact) mass is 212 g/mol. The minimum atomic E-state index is 0.805.